The molecule has 0 aliphatic rings. The summed E-state index contributed by atoms with van der Waals surface area (Å²) < 4.78 is 6.54. The molecule has 0 saturated heterocycles. The van der Waals surface area contributed by atoms with E-state index in [0.717, 1.165) is 12.2 Å². The molecule has 0 unspecified atom stereocenters. The van der Waals surface area contributed by atoms with Crippen LogP contribution >= 0.6 is 11.3 Å². The van der Waals surface area contributed by atoms with E-state index >= 15 is 0 Å². The van der Waals surface area contributed by atoms with Crippen LogP contribution in [0.5, 0.6) is 0 Å². The van der Waals surface area contributed by atoms with E-state index in [1.54, 1.807) is 12.5 Å². The maximum absolute atomic E-state index is 11.6. The molecule has 0 aliphatic heterocycles. The molecule has 0 bridgehead atoms. The number of ether oxygens (including phenoxy) is 1. The summed E-state index contributed by atoms with van der Waals surface area (Å²) in [4.78, 5) is 31.8. The zero-order chi connectivity index (χ0) is 14.0. The molecule has 19 heavy (non-hydrogen) atoms. The number of Topliss-reactive ketones (excluding diaryl/α,β-unsaturated/α-hetero) is 1. The van der Waals surface area contributed by atoms with E-state index < -0.39 is 5.97 Å². The maximum atomic E-state index is 11.6. The molecular weight excluding hydrogens is 266 g/mol. The van der Waals surface area contributed by atoms with E-state index in [4.69, 9.17) is 0 Å². The molecule has 2 aromatic heterocycles. The molecule has 0 atom stereocenters. The quantitative estimate of drug-likeness (QED) is 0.632. The number of ketones is 1. The highest BCUT2D eigenvalue weighted by Gasteiger charge is 2.23. The van der Waals surface area contributed by atoms with Crippen molar-refractivity contribution in [2.24, 2.45) is 0 Å². The highest BCUT2D eigenvalue weighted by Crippen LogP contribution is 2.28. The van der Waals surface area contributed by atoms with E-state index in [-0.39, 0.29) is 11.5 Å². The van der Waals surface area contributed by atoms with Crippen LogP contribution in [-0.2, 0) is 11.3 Å². The maximum Gasteiger partial charge on any atom is 0.358 e. The normalized spacial score (nSPS) is 10.5. The lowest BCUT2D eigenvalue weighted by atomic mass is 10.3. The van der Waals surface area contributed by atoms with Crippen molar-refractivity contribution in [3.8, 4) is 10.7 Å². The van der Waals surface area contributed by atoms with Gasteiger partial charge in [0.1, 0.15) is 9.88 Å². The molecule has 2 rings (SSSR count). The third-order valence-corrected chi connectivity index (χ3v) is 3.78. The molecule has 0 amide bonds. The Balaban J connectivity index is 2.55. The minimum absolute atomic E-state index is 0.0684. The molecule has 2 heterocycles. The van der Waals surface area contributed by atoms with Crippen molar-refractivity contribution >= 4 is 23.1 Å². The SMILES string of the molecule is CCn1cncc1-c1nc(C(=O)OC)c(C(C)=O)s1. The third kappa shape index (κ3) is 2.41. The number of methoxy groups -OCH3 is 1. The molecule has 0 saturated carbocycles. The van der Waals surface area contributed by atoms with Gasteiger partial charge in [-0.25, -0.2) is 14.8 Å². The van der Waals surface area contributed by atoms with Crippen molar-refractivity contribution in [1.82, 2.24) is 14.5 Å². The highest BCUT2D eigenvalue weighted by molar-refractivity contribution is 7.17. The molecular formula is C12H13N3O3S. The van der Waals surface area contributed by atoms with Gasteiger partial charge in [0.25, 0.3) is 0 Å². The van der Waals surface area contributed by atoms with E-state index in [1.807, 2.05) is 11.5 Å². The van der Waals surface area contributed by atoms with Crippen molar-refractivity contribution in [2.75, 3.05) is 7.11 Å². The molecule has 7 heteroatoms. The molecule has 0 radical (unpaired) electrons. The molecule has 2 aromatic rings. The average molecular weight is 279 g/mol. The average Bonchev–Trinajstić information content (AvgIpc) is 3.03. The fourth-order valence-electron chi connectivity index (χ4n) is 1.65. The first-order chi connectivity index (χ1) is 9.08. The fraction of sp³-hybridized carbons (Fsp3) is 0.333. The molecule has 100 valence electrons. The number of hydrogen-bond acceptors (Lipinski definition) is 6. The summed E-state index contributed by atoms with van der Waals surface area (Å²) in [5, 5.41) is 0.588. The summed E-state index contributed by atoms with van der Waals surface area (Å²) in [6.45, 7) is 4.12. The second kappa shape index (κ2) is 5.31. The lowest BCUT2D eigenvalue weighted by molar-refractivity contribution is 0.0591. The van der Waals surface area contributed by atoms with Crippen LogP contribution in [0.3, 0.4) is 0 Å². The summed E-state index contributed by atoms with van der Waals surface area (Å²) in [6, 6.07) is 0. The van der Waals surface area contributed by atoms with Crippen molar-refractivity contribution in [2.45, 2.75) is 20.4 Å². The number of thiazole rings is 1. The Bertz CT molecular complexity index is 630. The summed E-state index contributed by atoms with van der Waals surface area (Å²) in [5.41, 5.74) is 0.851. The zero-order valence-electron chi connectivity index (χ0n) is 10.8. The van der Waals surface area contributed by atoms with E-state index in [9.17, 15) is 9.59 Å². The molecule has 0 spiro atoms. The second-order valence-electron chi connectivity index (χ2n) is 3.81. The van der Waals surface area contributed by atoms with Crippen molar-refractivity contribution in [3.05, 3.63) is 23.1 Å². The number of aromatic nitrogens is 3. The molecule has 0 aliphatic carbocycles. The van der Waals surface area contributed by atoms with E-state index in [1.165, 1.54) is 25.4 Å². The van der Waals surface area contributed by atoms with Crippen molar-refractivity contribution in [1.29, 1.82) is 0 Å². The zero-order valence-corrected chi connectivity index (χ0v) is 11.7. The van der Waals surface area contributed by atoms with Gasteiger partial charge < -0.3 is 9.30 Å². The topological polar surface area (TPSA) is 74.1 Å². The molecule has 6 nitrogen and oxygen atoms in total. The van der Waals surface area contributed by atoms with Gasteiger partial charge in [0.05, 0.1) is 25.3 Å². The van der Waals surface area contributed by atoms with Gasteiger partial charge in [-0.1, -0.05) is 0 Å². The van der Waals surface area contributed by atoms with Gasteiger partial charge in [0.15, 0.2) is 11.5 Å². The molecule has 0 fully saturated rings. The van der Waals surface area contributed by atoms with Gasteiger partial charge in [-0.3, -0.25) is 4.79 Å². The number of hydrogen-bond donors (Lipinski definition) is 0. The number of nitrogens with zero attached hydrogens (tertiary/aromatic N) is 3. The predicted molar refractivity (Wildman–Crippen MR) is 70.4 cm³/mol. The number of carbonyl (C=O) groups excluding carboxylic acids is 2. The highest BCUT2D eigenvalue weighted by atomic mass is 32.1. The monoisotopic (exact) mass is 279 g/mol. The number of imidazole rings is 1. The molecule has 0 aromatic carbocycles. The number of aryl methyl sites for hydroxylation is 1. The minimum atomic E-state index is -0.602. The number of esters is 1. The molecule has 0 N–H and O–H groups in total. The van der Waals surface area contributed by atoms with Crippen LogP contribution in [0, 0.1) is 0 Å². The van der Waals surface area contributed by atoms with Gasteiger partial charge in [-0.05, 0) is 6.92 Å². The summed E-state index contributed by atoms with van der Waals surface area (Å²) in [5.74, 6) is -0.804. The first-order valence-corrected chi connectivity index (χ1v) is 6.50. The predicted octanol–water partition coefficient (Wildman–Crippen LogP) is 2.02. The number of carbonyl (C=O) groups is 2. The second-order valence-corrected chi connectivity index (χ2v) is 4.81. The van der Waals surface area contributed by atoms with Crippen LogP contribution < -0.4 is 0 Å². The first-order valence-electron chi connectivity index (χ1n) is 5.69. The first kappa shape index (κ1) is 13.4. The van der Waals surface area contributed by atoms with Gasteiger partial charge in [0, 0.05) is 13.5 Å². The Morgan fingerprint density at radius 1 is 1.47 bits per heavy atom. The Morgan fingerprint density at radius 2 is 2.21 bits per heavy atom. The van der Waals surface area contributed by atoms with Crippen LogP contribution in [0.15, 0.2) is 12.5 Å². The minimum Gasteiger partial charge on any atom is -0.464 e. The van der Waals surface area contributed by atoms with Gasteiger partial charge in [-0.2, -0.15) is 0 Å². The van der Waals surface area contributed by atoms with Gasteiger partial charge in [0.2, 0.25) is 0 Å². The van der Waals surface area contributed by atoms with Gasteiger partial charge >= 0.3 is 5.97 Å². The van der Waals surface area contributed by atoms with Crippen LogP contribution in [-0.4, -0.2) is 33.4 Å². The largest absolute Gasteiger partial charge is 0.464 e. The lowest BCUT2D eigenvalue weighted by Crippen LogP contribution is -2.07. The van der Waals surface area contributed by atoms with Crippen molar-refractivity contribution in [3.63, 3.8) is 0 Å². The summed E-state index contributed by atoms with van der Waals surface area (Å²) >= 11 is 1.18. The Labute approximate surface area is 114 Å². The van der Waals surface area contributed by atoms with Crippen LogP contribution in [0.2, 0.25) is 0 Å². The van der Waals surface area contributed by atoms with E-state index in [0.29, 0.717) is 9.88 Å². The summed E-state index contributed by atoms with van der Waals surface area (Å²) in [6.07, 6.45) is 3.34. The Morgan fingerprint density at radius 3 is 2.79 bits per heavy atom. The fourth-order valence-corrected chi connectivity index (χ4v) is 2.63. The standard InChI is InChI=1S/C12H13N3O3S/c1-4-15-6-13-5-8(15)11-14-9(12(17)18-3)10(19-11)7(2)16/h5-6H,4H2,1-3H3. The Hall–Kier alpha value is -2.02. The van der Waals surface area contributed by atoms with Crippen LogP contribution in [0.25, 0.3) is 10.7 Å². The summed E-state index contributed by atoms with van der Waals surface area (Å²) in [7, 11) is 1.27. The van der Waals surface area contributed by atoms with Crippen LogP contribution in [0.4, 0.5) is 0 Å². The lowest BCUT2D eigenvalue weighted by Gasteiger charge is -2.00. The van der Waals surface area contributed by atoms with Gasteiger partial charge in [-0.15, -0.1) is 11.3 Å². The smallest absolute Gasteiger partial charge is 0.358 e. The third-order valence-electron chi connectivity index (χ3n) is 2.60. The van der Waals surface area contributed by atoms with Crippen LogP contribution in [0.1, 0.15) is 34.0 Å². The van der Waals surface area contributed by atoms with E-state index in [2.05, 4.69) is 14.7 Å². The Kier molecular flexibility index (Phi) is 3.75. The number of rotatable bonds is 4. The van der Waals surface area contributed by atoms with Crippen molar-refractivity contribution < 1.29 is 14.3 Å².